The van der Waals surface area contributed by atoms with E-state index >= 15 is 0 Å². The molecule has 0 N–H and O–H groups in total. The molecule has 2 heteroatoms. The Morgan fingerprint density at radius 1 is 1.31 bits per heavy atom. The lowest BCUT2D eigenvalue weighted by molar-refractivity contribution is 1.16. The highest BCUT2D eigenvalue weighted by Gasteiger charge is 1.98. The van der Waals surface area contributed by atoms with E-state index in [1.54, 1.807) is 12.3 Å². The molecule has 1 radical (unpaired) electrons. The van der Waals surface area contributed by atoms with E-state index in [4.69, 9.17) is 0 Å². The number of nitrogens with zero attached hydrogens (tertiary/aromatic N) is 2. The Bertz CT molecular complexity index is 396. The molecule has 1 heterocycles. The van der Waals surface area contributed by atoms with Crippen LogP contribution in [-0.4, -0.2) is 9.97 Å². The monoisotopic (exact) mass is 169 g/mol. The molecule has 1 aromatic carbocycles. The van der Waals surface area contributed by atoms with Gasteiger partial charge < -0.3 is 0 Å². The Morgan fingerprint density at radius 3 is 2.92 bits per heavy atom. The Balaban J connectivity index is 2.48. The van der Waals surface area contributed by atoms with E-state index in [1.807, 2.05) is 12.1 Å². The second kappa shape index (κ2) is 3.35. The maximum absolute atomic E-state index is 4.15. The van der Waals surface area contributed by atoms with E-state index in [0.717, 1.165) is 11.4 Å². The van der Waals surface area contributed by atoms with Crippen LogP contribution in [0.3, 0.4) is 0 Å². The van der Waals surface area contributed by atoms with Crippen molar-refractivity contribution in [3.05, 3.63) is 48.3 Å². The van der Waals surface area contributed by atoms with E-state index in [0.29, 0.717) is 0 Å². The number of rotatable bonds is 1. The zero-order valence-corrected chi connectivity index (χ0v) is 7.36. The third-order valence-corrected chi connectivity index (χ3v) is 1.79. The van der Waals surface area contributed by atoms with Crippen molar-refractivity contribution in [2.75, 3.05) is 0 Å². The first kappa shape index (κ1) is 7.92. The van der Waals surface area contributed by atoms with Gasteiger partial charge in [0.25, 0.3) is 0 Å². The summed E-state index contributed by atoms with van der Waals surface area (Å²) in [4.78, 5) is 8.20. The molecule has 0 atom stereocenters. The minimum Gasteiger partial charge on any atom is -0.237 e. The van der Waals surface area contributed by atoms with Crippen molar-refractivity contribution in [2.45, 2.75) is 6.92 Å². The molecular weight excluding hydrogens is 160 g/mol. The van der Waals surface area contributed by atoms with Crippen LogP contribution in [0.1, 0.15) is 5.56 Å². The lowest BCUT2D eigenvalue weighted by Gasteiger charge is -1.98. The molecule has 2 rings (SSSR count). The molecule has 2 aromatic rings. The van der Waals surface area contributed by atoms with Gasteiger partial charge in [0.1, 0.15) is 0 Å². The van der Waals surface area contributed by atoms with Gasteiger partial charge in [0.15, 0.2) is 5.82 Å². The van der Waals surface area contributed by atoms with Gasteiger partial charge >= 0.3 is 0 Å². The molecule has 0 aliphatic rings. The van der Waals surface area contributed by atoms with Gasteiger partial charge in [0, 0.05) is 11.8 Å². The molecule has 0 amide bonds. The molecule has 2 nitrogen and oxygen atoms in total. The summed E-state index contributed by atoms with van der Waals surface area (Å²) in [5.41, 5.74) is 2.25. The highest BCUT2D eigenvalue weighted by molar-refractivity contribution is 5.55. The lowest BCUT2D eigenvalue weighted by Crippen LogP contribution is -1.86. The van der Waals surface area contributed by atoms with Gasteiger partial charge in [0.05, 0.1) is 6.20 Å². The smallest absolute Gasteiger partial charge is 0.159 e. The molecule has 0 aliphatic heterocycles. The van der Waals surface area contributed by atoms with Crippen LogP contribution in [-0.2, 0) is 0 Å². The largest absolute Gasteiger partial charge is 0.237 e. The van der Waals surface area contributed by atoms with Gasteiger partial charge in [-0.2, -0.15) is 0 Å². The van der Waals surface area contributed by atoms with Crippen LogP contribution in [0.15, 0.2) is 36.5 Å². The van der Waals surface area contributed by atoms with E-state index in [9.17, 15) is 0 Å². The van der Waals surface area contributed by atoms with Gasteiger partial charge in [-0.3, -0.25) is 0 Å². The predicted molar refractivity (Wildman–Crippen MR) is 51.0 cm³/mol. The summed E-state index contributed by atoms with van der Waals surface area (Å²) >= 11 is 0. The number of aromatic nitrogens is 2. The summed E-state index contributed by atoms with van der Waals surface area (Å²) < 4.78 is 0. The minimum atomic E-state index is 0.728. The Hall–Kier alpha value is -1.70. The van der Waals surface area contributed by atoms with Crippen LogP contribution in [0.5, 0.6) is 0 Å². The number of hydrogen-bond acceptors (Lipinski definition) is 2. The predicted octanol–water partition coefficient (Wildman–Crippen LogP) is 2.25. The van der Waals surface area contributed by atoms with Crippen molar-refractivity contribution in [1.29, 1.82) is 0 Å². The van der Waals surface area contributed by atoms with Gasteiger partial charge in [0.2, 0.25) is 0 Å². The Labute approximate surface area is 77.3 Å². The first-order valence-electron chi connectivity index (χ1n) is 4.12. The van der Waals surface area contributed by atoms with Crippen LogP contribution in [0.4, 0.5) is 0 Å². The molecule has 0 saturated carbocycles. The summed E-state index contributed by atoms with van der Waals surface area (Å²) in [6, 6.07) is 9.80. The van der Waals surface area contributed by atoms with Gasteiger partial charge in [-0.05, 0) is 19.1 Å². The van der Waals surface area contributed by atoms with E-state index in [2.05, 4.69) is 35.2 Å². The maximum atomic E-state index is 4.15. The fraction of sp³-hybridized carbons (Fsp3) is 0.0909. The lowest BCUT2D eigenvalue weighted by atomic mass is 10.1. The molecule has 0 bridgehead atoms. The third-order valence-electron chi connectivity index (χ3n) is 1.79. The van der Waals surface area contributed by atoms with Crippen LogP contribution >= 0.6 is 0 Å². The average molecular weight is 169 g/mol. The summed E-state index contributed by atoms with van der Waals surface area (Å²) in [5, 5.41) is 0. The SMILES string of the molecule is Cc1cccc(-c2n[c]ccn2)c1. The van der Waals surface area contributed by atoms with Crippen LogP contribution in [0.25, 0.3) is 11.4 Å². The summed E-state index contributed by atoms with van der Waals surface area (Å²) in [6.07, 6.45) is 4.47. The van der Waals surface area contributed by atoms with Crippen molar-refractivity contribution in [3.8, 4) is 11.4 Å². The number of hydrogen-bond donors (Lipinski definition) is 0. The highest BCUT2D eigenvalue weighted by atomic mass is 14.8. The van der Waals surface area contributed by atoms with Crippen LogP contribution < -0.4 is 0 Å². The maximum Gasteiger partial charge on any atom is 0.159 e. The molecule has 13 heavy (non-hydrogen) atoms. The van der Waals surface area contributed by atoms with E-state index in [-0.39, 0.29) is 0 Å². The molecule has 0 saturated heterocycles. The fourth-order valence-electron chi connectivity index (χ4n) is 1.19. The Morgan fingerprint density at radius 2 is 2.23 bits per heavy atom. The molecule has 0 aliphatic carbocycles. The van der Waals surface area contributed by atoms with Crippen molar-refractivity contribution >= 4 is 0 Å². The zero-order chi connectivity index (χ0) is 9.10. The third kappa shape index (κ3) is 1.72. The van der Waals surface area contributed by atoms with Gasteiger partial charge in [-0.25, -0.2) is 9.97 Å². The second-order valence-electron chi connectivity index (χ2n) is 2.88. The van der Waals surface area contributed by atoms with E-state index in [1.165, 1.54) is 5.56 Å². The average Bonchev–Trinajstić information content (AvgIpc) is 2.19. The summed E-state index contributed by atoms with van der Waals surface area (Å²) in [7, 11) is 0. The van der Waals surface area contributed by atoms with Gasteiger partial charge in [-0.15, -0.1) is 0 Å². The topological polar surface area (TPSA) is 25.8 Å². The standard InChI is InChI=1S/C11H9N2/c1-9-4-2-5-10(8-9)11-12-6-3-7-13-11/h2-6,8H,1H3. The molecule has 1 aromatic heterocycles. The zero-order valence-electron chi connectivity index (χ0n) is 7.36. The molecular formula is C11H9N2. The Kier molecular flexibility index (Phi) is 2.04. The summed E-state index contributed by atoms with van der Waals surface area (Å²) in [5.74, 6) is 0.728. The number of aryl methyl sites for hydroxylation is 1. The molecule has 63 valence electrons. The second-order valence-corrected chi connectivity index (χ2v) is 2.88. The minimum absolute atomic E-state index is 0.728. The molecule has 0 spiro atoms. The first-order valence-corrected chi connectivity index (χ1v) is 4.12. The van der Waals surface area contributed by atoms with Crippen molar-refractivity contribution in [1.82, 2.24) is 9.97 Å². The number of benzene rings is 1. The molecule has 0 unspecified atom stereocenters. The van der Waals surface area contributed by atoms with E-state index < -0.39 is 0 Å². The van der Waals surface area contributed by atoms with Crippen molar-refractivity contribution in [2.24, 2.45) is 0 Å². The quantitative estimate of drug-likeness (QED) is 0.654. The van der Waals surface area contributed by atoms with Crippen molar-refractivity contribution in [3.63, 3.8) is 0 Å². The summed E-state index contributed by atoms with van der Waals surface area (Å²) in [6.45, 7) is 2.05. The molecule has 0 fully saturated rings. The van der Waals surface area contributed by atoms with Crippen LogP contribution in [0, 0.1) is 13.1 Å². The fourth-order valence-corrected chi connectivity index (χ4v) is 1.19. The van der Waals surface area contributed by atoms with Gasteiger partial charge in [-0.1, -0.05) is 23.8 Å². The highest BCUT2D eigenvalue weighted by Crippen LogP contribution is 2.14. The van der Waals surface area contributed by atoms with Crippen molar-refractivity contribution < 1.29 is 0 Å². The van der Waals surface area contributed by atoms with Crippen LogP contribution in [0.2, 0.25) is 0 Å². The normalized spacial score (nSPS) is 9.92. The first-order chi connectivity index (χ1) is 6.36.